The maximum absolute atomic E-state index is 14.1. The summed E-state index contributed by atoms with van der Waals surface area (Å²) in [6.07, 6.45) is 1.63. The van der Waals surface area contributed by atoms with Crippen LogP contribution in [-0.2, 0) is 17.8 Å². The Hall–Kier alpha value is -2.61. The summed E-state index contributed by atoms with van der Waals surface area (Å²) in [5.74, 6) is -0.279. The van der Waals surface area contributed by atoms with E-state index in [0.29, 0.717) is 38.5 Å². The van der Waals surface area contributed by atoms with E-state index in [1.54, 1.807) is 18.2 Å². The minimum Gasteiger partial charge on any atom is -0.383 e. The van der Waals surface area contributed by atoms with Crippen molar-refractivity contribution >= 4 is 11.5 Å². The Bertz CT molecular complexity index is 916. The molecule has 2 heterocycles. The largest absolute Gasteiger partial charge is 0.383 e. The molecule has 3 rings (SSSR count). The fourth-order valence-corrected chi connectivity index (χ4v) is 3.25. The Morgan fingerprint density at radius 2 is 1.85 bits per heavy atom. The summed E-state index contributed by atoms with van der Waals surface area (Å²) < 4.78 is 22.0. The molecule has 0 saturated carbocycles. The molecule has 0 spiro atoms. The predicted octanol–water partition coefficient (Wildman–Crippen LogP) is 1.42. The first-order valence-electron chi connectivity index (χ1n) is 9.23. The van der Waals surface area contributed by atoms with Crippen molar-refractivity contribution < 1.29 is 9.13 Å². The summed E-state index contributed by atoms with van der Waals surface area (Å²) >= 11 is 0. The average molecular weight is 376 g/mol. The van der Waals surface area contributed by atoms with Gasteiger partial charge in [0.25, 0.3) is 5.56 Å². The summed E-state index contributed by atoms with van der Waals surface area (Å²) in [4.78, 5) is 27.9. The van der Waals surface area contributed by atoms with Gasteiger partial charge in [-0.3, -0.25) is 13.9 Å². The van der Waals surface area contributed by atoms with Gasteiger partial charge >= 0.3 is 5.69 Å². The number of nitrogen functional groups attached to an aromatic ring is 1. The Morgan fingerprint density at radius 1 is 1.15 bits per heavy atom. The van der Waals surface area contributed by atoms with Crippen LogP contribution in [0.4, 0.5) is 15.9 Å². The lowest BCUT2D eigenvalue weighted by Crippen LogP contribution is -2.47. The predicted molar refractivity (Wildman–Crippen MR) is 103 cm³/mol. The highest BCUT2D eigenvalue weighted by atomic mass is 19.1. The number of nitrogens with two attached hydrogens (primary N) is 1. The Labute approximate surface area is 156 Å². The molecule has 1 saturated heterocycles. The van der Waals surface area contributed by atoms with Crippen LogP contribution in [0.2, 0.25) is 0 Å². The first-order chi connectivity index (χ1) is 13.0. The third-order valence-electron chi connectivity index (χ3n) is 4.79. The molecule has 8 heteroatoms. The molecule has 1 fully saturated rings. The van der Waals surface area contributed by atoms with Gasteiger partial charge in [-0.2, -0.15) is 0 Å². The zero-order chi connectivity index (χ0) is 19.4. The lowest BCUT2D eigenvalue weighted by molar-refractivity contribution is 0.122. The molecule has 0 radical (unpaired) electrons. The highest BCUT2D eigenvalue weighted by Crippen LogP contribution is 2.19. The second-order valence-corrected chi connectivity index (χ2v) is 6.60. The molecule has 1 aromatic heterocycles. The summed E-state index contributed by atoms with van der Waals surface area (Å²) in [5.41, 5.74) is 5.83. The van der Waals surface area contributed by atoms with Crippen LogP contribution < -0.4 is 21.9 Å². The summed E-state index contributed by atoms with van der Waals surface area (Å²) in [7, 11) is 0. The van der Waals surface area contributed by atoms with Gasteiger partial charge in [0.1, 0.15) is 17.3 Å². The molecular formula is C19H25FN4O3. The van der Waals surface area contributed by atoms with Gasteiger partial charge in [-0.25, -0.2) is 9.18 Å². The van der Waals surface area contributed by atoms with Gasteiger partial charge in [0.15, 0.2) is 0 Å². The normalized spacial score (nSPS) is 14.5. The van der Waals surface area contributed by atoms with Gasteiger partial charge in [0.2, 0.25) is 0 Å². The van der Waals surface area contributed by atoms with Crippen molar-refractivity contribution in [3.05, 3.63) is 56.5 Å². The zero-order valence-corrected chi connectivity index (χ0v) is 15.5. The van der Waals surface area contributed by atoms with Gasteiger partial charge in [-0.15, -0.1) is 0 Å². The Balaban J connectivity index is 2.14. The summed E-state index contributed by atoms with van der Waals surface area (Å²) in [6, 6.07) is 6.14. The number of rotatable bonds is 6. The fraction of sp³-hybridized carbons (Fsp3) is 0.474. The van der Waals surface area contributed by atoms with E-state index in [4.69, 9.17) is 10.5 Å². The first kappa shape index (κ1) is 19.2. The molecule has 1 aliphatic rings. The van der Waals surface area contributed by atoms with Crippen LogP contribution in [0.5, 0.6) is 0 Å². The number of morpholine rings is 1. The number of hydrogen-bond donors (Lipinski definition) is 1. The molecule has 0 aliphatic carbocycles. The van der Waals surface area contributed by atoms with E-state index >= 15 is 0 Å². The van der Waals surface area contributed by atoms with Gasteiger partial charge < -0.3 is 15.4 Å². The molecule has 2 aromatic rings. The zero-order valence-electron chi connectivity index (χ0n) is 15.5. The van der Waals surface area contributed by atoms with Crippen molar-refractivity contribution in [1.82, 2.24) is 9.13 Å². The number of ether oxygens (including phenoxy) is 1. The first-order valence-corrected chi connectivity index (χ1v) is 9.23. The van der Waals surface area contributed by atoms with E-state index in [9.17, 15) is 14.0 Å². The molecule has 0 bridgehead atoms. The Kier molecular flexibility index (Phi) is 5.95. The molecule has 0 unspecified atom stereocenters. The lowest BCUT2D eigenvalue weighted by atomic mass is 10.2. The smallest absolute Gasteiger partial charge is 0.332 e. The number of benzene rings is 1. The molecule has 0 amide bonds. The van der Waals surface area contributed by atoms with Crippen LogP contribution in [0.3, 0.4) is 0 Å². The van der Waals surface area contributed by atoms with Crippen molar-refractivity contribution in [2.45, 2.75) is 32.9 Å². The second kappa shape index (κ2) is 8.39. The highest BCUT2D eigenvalue weighted by molar-refractivity contribution is 5.63. The third kappa shape index (κ3) is 3.90. The number of unbranched alkanes of at least 4 members (excludes halogenated alkanes) is 1. The maximum atomic E-state index is 14.1. The SMILES string of the molecule is CCCCn1c(N)c(N2CCOCC2)c(=O)n(Cc2ccccc2F)c1=O. The quantitative estimate of drug-likeness (QED) is 0.824. The molecule has 27 heavy (non-hydrogen) atoms. The van der Waals surface area contributed by atoms with Crippen molar-refractivity contribution in [1.29, 1.82) is 0 Å². The fourth-order valence-electron chi connectivity index (χ4n) is 3.25. The molecule has 7 nitrogen and oxygen atoms in total. The van der Waals surface area contributed by atoms with Gasteiger partial charge in [0.05, 0.1) is 19.8 Å². The van der Waals surface area contributed by atoms with Gasteiger partial charge in [-0.05, 0) is 12.5 Å². The molecule has 1 aliphatic heterocycles. The number of nitrogens with zero attached hydrogens (tertiary/aromatic N) is 3. The van der Waals surface area contributed by atoms with Crippen LogP contribution in [-0.4, -0.2) is 35.4 Å². The average Bonchev–Trinajstić information content (AvgIpc) is 2.67. The van der Waals surface area contributed by atoms with Crippen LogP contribution in [0.1, 0.15) is 25.3 Å². The second-order valence-electron chi connectivity index (χ2n) is 6.60. The van der Waals surface area contributed by atoms with E-state index in [-0.39, 0.29) is 17.9 Å². The molecule has 1 aromatic carbocycles. The van der Waals surface area contributed by atoms with E-state index in [1.807, 2.05) is 11.8 Å². The molecular weight excluding hydrogens is 351 g/mol. The van der Waals surface area contributed by atoms with E-state index < -0.39 is 17.1 Å². The van der Waals surface area contributed by atoms with Gasteiger partial charge in [0, 0.05) is 25.2 Å². The standard InChI is InChI=1S/C19H25FN4O3/c1-2-3-8-23-17(21)16(22-9-11-27-12-10-22)18(25)24(19(23)26)13-14-6-4-5-7-15(14)20/h4-7H,2-3,8-13,21H2,1H3. The lowest BCUT2D eigenvalue weighted by Gasteiger charge is -2.30. The third-order valence-corrected chi connectivity index (χ3v) is 4.79. The summed E-state index contributed by atoms with van der Waals surface area (Å²) in [6.45, 7) is 4.31. The highest BCUT2D eigenvalue weighted by Gasteiger charge is 2.24. The topological polar surface area (TPSA) is 82.5 Å². The van der Waals surface area contributed by atoms with Crippen LogP contribution in [0.15, 0.2) is 33.9 Å². The minimum absolute atomic E-state index is 0.131. The van der Waals surface area contributed by atoms with Crippen molar-refractivity contribution in [2.75, 3.05) is 36.9 Å². The van der Waals surface area contributed by atoms with Gasteiger partial charge in [-0.1, -0.05) is 31.5 Å². The van der Waals surface area contributed by atoms with E-state index in [0.717, 1.165) is 17.4 Å². The van der Waals surface area contributed by atoms with Crippen LogP contribution in [0, 0.1) is 5.82 Å². The van der Waals surface area contributed by atoms with Crippen LogP contribution in [0.25, 0.3) is 0 Å². The number of hydrogen-bond acceptors (Lipinski definition) is 5. The maximum Gasteiger partial charge on any atom is 0.332 e. The minimum atomic E-state index is -0.508. The van der Waals surface area contributed by atoms with Crippen molar-refractivity contribution in [2.24, 2.45) is 0 Å². The monoisotopic (exact) mass is 376 g/mol. The number of aromatic nitrogens is 2. The molecule has 146 valence electrons. The van der Waals surface area contributed by atoms with Crippen molar-refractivity contribution in [3.8, 4) is 0 Å². The number of anilines is 2. The van der Waals surface area contributed by atoms with E-state index in [2.05, 4.69) is 0 Å². The van der Waals surface area contributed by atoms with E-state index in [1.165, 1.54) is 10.6 Å². The summed E-state index contributed by atoms with van der Waals surface area (Å²) in [5, 5.41) is 0. The van der Waals surface area contributed by atoms with Crippen molar-refractivity contribution in [3.63, 3.8) is 0 Å². The Morgan fingerprint density at radius 3 is 2.52 bits per heavy atom. The number of halogens is 1. The molecule has 2 N–H and O–H groups in total. The molecule has 0 atom stereocenters. The van der Waals surface area contributed by atoms with Crippen LogP contribution >= 0.6 is 0 Å².